The Balaban J connectivity index is 2.46. The first-order valence-electron chi connectivity index (χ1n) is 7.74. The van der Waals surface area contributed by atoms with E-state index in [1.165, 1.54) is 43.4 Å². The summed E-state index contributed by atoms with van der Waals surface area (Å²) in [7, 11) is 2.23. The van der Waals surface area contributed by atoms with E-state index in [9.17, 15) is 0 Å². The molecule has 2 nitrogen and oxygen atoms in total. The van der Waals surface area contributed by atoms with Gasteiger partial charge in [0.05, 0.1) is 0 Å². The number of hydrogen-bond donors (Lipinski definition) is 1. The van der Waals surface area contributed by atoms with E-state index < -0.39 is 0 Å². The van der Waals surface area contributed by atoms with Crippen LogP contribution in [0.4, 0.5) is 0 Å². The molecule has 1 N–H and O–H groups in total. The van der Waals surface area contributed by atoms with Gasteiger partial charge >= 0.3 is 0 Å². The van der Waals surface area contributed by atoms with Crippen LogP contribution in [0.15, 0.2) is 24.3 Å². The number of unbranched alkanes of at least 4 members (excludes halogenated alkanes) is 2. The molecule has 0 atom stereocenters. The predicted molar refractivity (Wildman–Crippen MR) is 84.3 cm³/mol. The van der Waals surface area contributed by atoms with Gasteiger partial charge in [0.25, 0.3) is 0 Å². The Hall–Kier alpha value is -0.860. The number of benzene rings is 1. The molecule has 0 unspecified atom stereocenters. The van der Waals surface area contributed by atoms with Gasteiger partial charge in [-0.1, -0.05) is 51.0 Å². The summed E-state index contributed by atoms with van der Waals surface area (Å²) in [5.74, 6) is 0. The molecular formula is C17H30N2. The zero-order chi connectivity index (χ0) is 13.9. The van der Waals surface area contributed by atoms with Gasteiger partial charge in [0, 0.05) is 13.1 Å². The van der Waals surface area contributed by atoms with Crippen molar-refractivity contribution in [2.75, 3.05) is 20.1 Å². The van der Waals surface area contributed by atoms with Crippen LogP contribution in [0.25, 0.3) is 0 Å². The lowest BCUT2D eigenvalue weighted by molar-refractivity contribution is 0.317. The molecule has 0 aliphatic carbocycles. The van der Waals surface area contributed by atoms with Crippen molar-refractivity contribution in [1.29, 1.82) is 0 Å². The maximum Gasteiger partial charge on any atom is 0.0233 e. The highest BCUT2D eigenvalue weighted by molar-refractivity contribution is 5.26. The molecule has 0 aromatic heterocycles. The van der Waals surface area contributed by atoms with Crippen molar-refractivity contribution in [2.24, 2.45) is 0 Å². The number of rotatable bonds is 10. The van der Waals surface area contributed by atoms with Crippen molar-refractivity contribution >= 4 is 0 Å². The summed E-state index contributed by atoms with van der Waals surface area (Å²) in [6.45, 7) is 8.82. The van der Waals surface area contributed by atoms with Crippen LogP contribution in [0, 0.1) is 0 Å². The Labute approximate surface area is 119 Å². The van der Waals surface area contributed by atoms with Gasteiger partial charge in [0.1, 0.15) is 0 Å². The molecule has 108 valence electrons. The minimum atomic E-state index is 0.993. The average Bonchev–Trinajstić information content (AvgIpc) is 2.41. The molecule has 0 bridgehead atoms. The van der Waals surface area contributed by atoms with Crippen LogP contribution in [0.5, 0.6) is 0 Å². The average molecular weight is 262 g/mol. The molecular weight excluding hydrogens is 232 g/mol. The molecule has 1 rings (SSSR count). The molecule has 0 radical (unpaired) electrons. The van der Waals surface area contributed by atoms with Crippen molar-refractivity contribution in [3.8, 4) is 0 Å². The van der Waals surface area contributed by atoms with Crippen LogP contribution in [0.2, 0.25) is 0 Å². The van der Waals surface area contributed by atoms with Gasteiger partial charge in [-0.2, -0.15) is 0 Å². The summed E-state index contributed by atoms with van der Waals surface area (Å²) >= 11 is 0. The highest BCUT2D eigenvalue weighted by Crippen LogP contribution is 2.11. The zero-order valence-electron chi connectivity index (χ0n) is 12.9. The molecule has 0 heterocycles. The molecule has 1 aromatic carbocycles. The SMILES string of the molecule is CCCCCN(C)Cc1ccccc1CNCCC. The molecule has 0 fully saturated rings. The van der Waals surface area contributed by atoms with E-state index in [0.717, 1.165) is 19.6 Å². The zero-order valence-corrected chi connectivity index (χ0v) is 12.9. The second-order valence-corrected chi connectivity index (χ2v) is 5.39. The molecule has 0 amide bonds. The van der Waals surface area contributed by atoms with E-state index in [0.29, 0.717) is 0 Å². The van der Waals surface area contributed by atoms with Gasteiger partial charge in [-0.3, -0.25) is 0 Å². The van der Waals surface area contributed by atoms with Crippen LogP contribution in [-0.4, -0.2) is 25.0 Å². The fourth-order valence-electron chi connectivity index (χ4n) is 2.29. The number of nitrogens with zero attached hydrogens (tertiary/aromatic N) is 1. The summed E-state index contributed by atoms with van der Waals surface area (Å²) in [4.78, 5) is 2.44. The normalized spacial score (nSPS) is 11.2. The molecule has 2 heteroatoms. The van der Waals surface area contributed by atoms with E-state index in [-0.39, 0.29) is 0 Å². The Morgan fingerprint density at radius 2 is 1.74 bits per heavy atom. The maximum atomic E-state index is 3.50. The Bertz CT molecular complexity index is 336. The lowest BCUT2D eigenvalue weighted by Crippen LogP contribution is -2.21. The van der Waals surface area contributed by atoms with E-state index in [2.05, 4.69) is 55.4 Å². The predicted octanol–water partition coefficient (Wildman–Crippen LogP) is 3.81. The lowest BCUT2D eigenvalue weighted by atomic mass is 10.1. The third kappa shape index (κ3) is 6.74. The van der Waals surface area contributed by atoms with Crippen LogP contribution in [-0.2, 0) is 13.1 Å². The van der Waals surface area contributed by atoms with E-state index in [1.807, 2.05) is 0 Å². The molecule has 19 heavy (non-hydrogen) atoms. The second kappa shape index (κ2) is 9.99. The first kappa shape index (κ1) is 16.2. The Morgan fingerprint density at radius 1 is 1.00 bits per heavy atom. The minimum Gasteiger partial charge on any atom is -0.313 e. The van der Waals surface area contributed by atoms with Crippen molar-refractivity contribution in [1.82, 2.24) is 10.2 Å². The second-order valence-electron chi connectivity index (χ2n) is 5.39. The number of nitrogens with one attached hydrogen (secondary N) is 1. The monoisotopic (exact) mass is 262 g/mol. The maximum absolute atomic E-state index is 3.50. The molecule has 0 saturated heterocycles. The van der Waals surface area contributed by atoms with Crippen molar-refractivity contribution < 1.29 is 0 Å². The van der Waals surface area contributed by atoms with E-state index in [1.54, 1.807) is 0 Å². The fourth-order valence-corrected chi connectivity index (χ4v) is 2.29. The first-order valence-corrected chi connectivity index (χ1v) is 7.74. The van der Waals surface area contributed by atoms with Crippen LogP contribution >= 0.6 is 0 Å². The molecule has 0 spiro atoms. The highest BCUT2D eigenvalue weighted by atomic mass is 15.1. The number of hydrogen-bond acceptors (Lipinski definition) is 2. The summed E-state index contributed by atoms with van der Waals surface area (Å²) in [6.07, 6.45) is 5.14. The van der Waals surface area contributed by atoms with Crippen molar-refractivity contribution in [2.45, 2.75) is 52.6 Å². The topological polar surface area (TPSA) is 15.3 Å². The van der Waals surface area contributed by atoms with Crippen molar-refractivity contribution in [3.63, 3.8) is 0 Å². The van der Waals surface area contributed by atoms with E-state index >= 15 is 0 Å². The molecule has 0 saturated carbocycles. The fraction of sp³-hybridized carbons (Fsp3) is 0.647. The van der Waals surface area contributed by atoms with Gasteiger partial charge in [-0.05, 0) is 44.1 Å². The van der Waals surface area contributed by atoms with Crippen LogP contribution in [0.3, 0.4) is 0 Å². The third-order valence-corrected chi connectivity index (χ3v) is 3.44. The molecule has 0 aliphatic rings. The third-order valence-electron chi connectivity index (χ3n) is 3.44. The Kier molecular flexibility index (Phi) is 8.52. The van der Waals surface area contributed by atoms with Gasteiger partial charge in [0.15, 0.2) is 0 Å². The smallest absolute Gasteiger partial charge is 0.0233 e. The summed E-state index contributed by atoms with van der Waals surface area (Å²) in [5, 5.41) is 3.50. The molecule has 1 aromatic rings. The minimum absolute atomic E-state index is 0.993. The largest absolute Gasteiger partial charge is 0.313 e. The van der Waals surface area contributed by atoms with Crippen molar-refractivity contribution in [3.05, 3.63) is 35.4 Å². The Morgan fingerprint density at radius 3 is 2.42 bits per heavy atom. The standard InChI is InChI=1S/C17H30N2/c1-4-6-9-13-19(3)15-17-11-8-7-10-16(17)14-18-12-5-2/h7-8,10-11,18H,4-6,9,12-15H2,1-3H3. The molecule has 0 aliphatic heterocycles. The summed E-state index contributed by atoms with van der Waals surface area (Å²) < 4.78 is 0. The van der Waals surface area contributed by atoms with Crippen LogP contribution < -0.4 is 5.32 Å². The lowest BCUT2D eigenvalue weighted by Gasteiger charge is -2.19. The van der Waals surface area contributed by atoms with Crippen LogP contribution in [0.1, 0.15) is 50.7 Å². The highest BCUT2D eigenvalue weighted by Gasteiger charge is 2.04. The van der Waals surface area contributed by atoms with Gasteiger partial charge in [-0.25, -0.2) is 0 Å². The van der Waals surface area contributed by atoms with Gasteiger partial charge in [-0.15, -0.1) is 0 Å². The summed E-state index contributed by atoms with van der Waals surface area (Å²) in [5.41, 5.74) is 2.91. The van der Waals surface area contributed by atoms with Gasteiger partial charge in [0.2, 0.25) is 0 Å². The summed E-state index contributed by atoms with van der Waals surface area (Å²) in [6, 6.07) is 8.80. The van der Waals surface area contributed by atoms with E-state index in [4.69, 9.17) is 0 Å². The quantitative estimate of drug-likeness (QED) is 0.645. The van der Waals surface area contributed by atoms with Gasteiger partial charge < -0.3 is 10.2 Å². The first-order chi connectivity index (χ1) is 9.27.